The summed E-state index contributed by atoms with van der Waals surface area (Å²) in [7, 11) is 0. The maximum absolute atomic E-state index is 2.36. The van der Waals surface area contributed by atoms with E-state index in [2.05, 4.69) is 30.3 Å². The van der Waals surface area contributed by atoms with Crippen molar-refractivity contribution >= 4 is 22.9 Å². The third-order valence-electron chi connectivity index (χ3n) is 2.39. The molecule has 1 unspecified atom stereocenters. The van der Waals surface area contributed by atoms with Crippen LogP contribution in [-0.2, 0) is 6.42 Å². The van der Waals surface area contributed by atoms with Crippen LogP contribution in [0, 0.1) is 0 Å². The van der Waals surface area contributed by atoms with E-state index < -0.39 is 0 Å². The summed E-state index contributed by atoms with van der Waals surface area (Å²) < 4.78 is 0. The van der Waals surface area contributed by atoms with Gasteiger partial charge in [0.1, 0.15) is 0 Å². The van der Waals surface area contributed by atoms with Gasteiger partial charge in [0.2, 0.25) is 0 Å². The second kappa shape index (κ2) is 3.49. The minimum absolute atomic E-state index is 1.24. The molecular weight excluding hydrogens is 207 g/mol. The molecule has 62 valence electrons. The predicted octanol–water partition coefficient (Wildman–Crippen LogP) is 2.07. The molecule has 0 bridgehead atoms. The monoisotopic (exact) mass is 220 g/mol. The van der Waals surface area contributed by atoms with Gasteiger partial charge in [-0.15, -0.1) is 0 Å². The first kappa shape index (κ1) is 8.13. The first-order chi connectivity index (χ1) is 5.90. The molecule has 12 heavy (non-hydrogen) atoms. The van der Waals surface area contributed by atoms with Crippen LogP contribution in [0.25, 0.3) is 6.08 Å². The molecule has 0 fully saturated rings. The number of hydrogen-bond donors (Lipinski definition) is 0. The molecule has 0 saturated heterocycles. The van der Waals surface area contributed by atoms with Crippen molar-refractivity contribution in [1.29, 1.82) is 0 Å². The molecule has 0 amide bonds. The Bertz CT molecular complexity index is 313. The molecule has 1 atom stereocenters. The number of benzene rings is 1. The van der Waals surface area contributed by atoms with E-state index in [0.717, 1.165) is 0 Å². The molecule has 0 nitrogen and oxygen atoms in total. The Morgan fingerprint density at radius 1 is 1.17 bits per heavy atom. The number of hydrogen-bond acceptors (Lipinski definition) is 0. The van der Waals surface area contributed by atoms with Gasteiger partial charge >= 0.3 is 81.9 Å². The molecule has 1 heteroatoms. The minimum atomic E-state index is 1.24. The van der Waals surface area contributed by atoms with Crippen LogP contribution in [0.5, 0.6) is 0 Å². The second-order valence-electron chi connectivity index (χ2n) is 3.21. The van der Waals surface area contributed by atoms with E-state index in [-0.39, 0.29) is 0 Å². The van der Waals surface area contributed by atoms with Crippen molar-refractivity contribution in [2.45, 2.75) is 18.1 Å². The van der Waals surface area contributed by atoms with Crippen molar-refractivity contribution in [3.8, 4) is 0 Å². The Kier molecular flexibility index (Phi) is 2.37. The summed E-state index contributed by atoms with van der Waals surface area (Å²) in [5, 5.41) is 1.27. The van der Waals surface area contributed by atoms with Gasteiger partial charge in [0, 0.05) is 0 Å². The standard InChI is InChI=1S/C11H13As/c12-8-9-5-6-10-3-1-2-4-11(10)7-9/h1-4,7H,5-6,8,12H2. The molecule has 1 aromatic rings. The van der Waals surface area contributed by atoms with Crippen molar-refractivity contribution in [2.75, 3.05) is 0 Å². The molecule has 1 aliphatic carbocycles. The second-order valence-corrected chi connectivity index (χ2v) is 4.06. The summed E-state index contributed by atoms with van der Waals surface area (Å²) >= 11 is 1.82. The normalized spacial score (nSPS) is 15.2. The van der Waals surface area contributed by atoms with Gasteiger partial charge in [-0.25, -0.2) is 0 Å². The van der Waals surface area contributed by atoms with Crippen LogP contribution in [0.15, 0.2) is 29.8 Å². The van der Waals surface area contributed by atoms with Crippen molar-refractivity contribution < 1.29 is 0 Å². The molecule has 0 saturated carbocycles. The van der Waals surface area contributed by atoms with E-state index >= 15 is 0 Å². The summed E-state index contributed by atoms with van der Waals surface area (Å²) in [5.74, 6) is 0. The fourth-order valence-electron chi connectivity index (χ4n) is 1.65. The van der Waals surface area contributed by atoms with Crippen LogP contribution in [0.4, 0.5) is 0 Å². The average molecular weight is 220 g/mol. The van der Waals surface area contributed by atoms with Crippen LogP contribution < -0.4 is 0 Å². The number of fused-ring (bicyclic) bond motifs is 1. The van der Waals surface area contributed by atoms with Gasteiger partial charge in [-0.05, 0) is 0 Å². The molecule has 0 heterocycles. The SMILES string of the molecule is [AsH2]CC1=Cc2ccccc2CC1. The summed E-state index contributed by atoms with van der Waals surface area (Å²) in [6, 6.07) is 8.72. The van der Waals surface area contributed by atoms with Crippen LogP contribution >= 0.6 is 0 Å². The van der Waals surface area contributed by atoms with Gasteiger partial charge in [-0.3, -0.25) is 0 Å². The van der Waals surface area contributed by atoms with Crippen LogP contribution in [-0.4, -0.2) is 16.9 Å². The molecule has 0 N–H and O–H groups in total. The molecule has 0 aromatic heterocycles. The Hall–Kier alpha value is -0.482. The molecule has 1 aromatic carbocycles. The van der Waals surface area contributed by atoms with E-state index in [9.17, 15) is 0 Å². The Labute approximate surface area is 82.2 Å². The molecule has 0 aliphatic heterocycles. The van der Waals surface area contributed by atoms with Gasteiger partial charge in [0.15, 0.2) is 0 Å². The van der Waals surface area contributed by atoms with Gasteiger partial charge < -0.3 is 0 Å². The summed E-state index contributed by atoms with van der Waals surface area (Å²) in [6.07, 6.45) is 4.88. The zero-order valence-electron chi connectivity index (χ0n) is 7.09. The fraction of sp³-hybridized carbons (Fsp3) is 0.273. The van der Waals surface area contributed by atoms with Crippen molar-refractivity contribution in [3.05, 3.63) is 41.0 Å². The van der Waals surface area contributed by atoms with Crippen molar-refractivity contribution in [3.63, 3.8) is 0 Å². The van der Waals surface area contributed by atoms with E-state index in [1.807, 2.05) is 16.9 Å². The third-order valence-corrected chi connectivity index (χ3v) is 3.49. The number of rotatable bonds is 1. The third kappa shape index (κ3) is 1.49. The van der Waals surface area contributed by atoms with Gasteiger partial charge in [-0.1, -0.05) is 0 Å². The molecular formula is C11H13As. The quantitative estimate of drug-likeness (QED) is 0.635. The van der Waals surface area contributed by atoms with Gasteiger partial charge in [-0.2, -0.15) is 0 Å². The predicted molar refractivity (Wildman–Crippen MR) is 56.1 cm³/mol. The van der Waals surface area contributed by atoms with E-state index in [1.165, 1.54) is 29.2 Å². The van der Waals surface area contributed by atoms with Crippen molar-refractivity contribution in [1.82, 2.24) is 0 Å². The molecule has 1 aliphatic rings. The number of aryl methyl sites for hydroxylation is 1. The first-order valence-corrected chi connectivity index (χ1v) is 6.09. The average Bonchev–Trinajstić information content (AvgIpc) is 2.17. The Morgan fingerprint density at radius 3 is 2.83 bits per heavy atom. The van der Waals surface area contributed by atoms with Crippen LogP contribution in [0.2, 0.25) is 5.21 Å². The fourth-order valence-corrected chi connectivity index (χ4v) is 2.33. The van der Waals surface area contributed by atoms with Gasteiger partial charge in [0.05, 0.1) is 0 Å². The molecule has 0 radical (unpaired) electrons. The molecule has 2 rings (SSSR count). The van der Waals surface area contributed by atoms with Crippen molar-refractivity contribution in [2.24, 2.45) is 0 Å². The number of allylic oxidation sites excluding steroid dienone is 1. The summed E-state index contributed by atoms with van der Waals surface area (Å²) in [4.78, 5) is 0. The topological polar surface area (TPSA) is 0 Å². The Balaban J connectivity index is 2.41. The van der Waals surface area contributed by atoms with Gasteiger partial charge in [0.25, 0.3) is 0 Å². The zero-order chi connectivity index (χ0) is 8.39. The Morgan fingerprint density at radius 2 is 2.00 bits per heavy atom. The van der Waals surface area contributed by atoms with E-state index in [1.54, 1.807) is 5.57 Å². The maximum atomic E-state index is 2.36. The van der Waals surface area contributed by atoms with Crippen LogP contribution in [0.1, 0.15) is 17.5 Å². The zero-order valence-corrected chi connectivity index (χ0v) is 9.51. The van der Waals surface area contributed by atoms with Crippen LogP contribution in [0.3, 0.4) is 0 Å². The summed E-state index contributed by atoms with van der Waals surface area (Å²) in [6.45, 7) is 0. The first-order valence-electron chi connectivity index (χ1n) is 4.37. The van der Waals surface area contributed by atoms with E-state index in [0.29, 0.717) is 0 Å². The van der Waals surface area contributed by atoms with E-state index in [4.69, 9.17) is 0 Å². The molecule has 0 spiro atoms. The summed E-state index contributed by atoms with van der Waals surface area (Å²) in [5.41, 5.74) is 4.58.